The summed E-state index contributed by atoms with van der Waals surface area (Å²) in [5, 5.41) is 11.7. The lowest BCUT2D eigenvalue weighted by Gasteiger charge is -2.28. The highest BCUT2D eigenvalue weighted by molar-refractivity contribution is 7.85. The van der Waals surface area contributed by atoms with Crippen LogP contribution in [-0.2, 0) is 19.6 Å². The fraction of sp³-hybridized carbons (Fsp3) is 0.688. The molecule has 3 N–H and O–H groups in total. The van der Waals surface area contributed by atoms with E-state index in [1.807, 2.05) is 11.8 Å². The van der Waals surface area contributed by atoms with Crippen molar-refractivity contribution >= 4 is 16.1 Å². The third kappa shape index (κ3) is 11.6. The molecule has 0 saturated carbocycles. The van der Waals surface area contributed by atoms with Gasteiger partial charge in [-0.25, -0.2) is 0 Å². The summed E-state index contributed by atoms with van der Waals surface area (Å²) in [4.78, 5) is 12.6. The van der Waals surface area contributed by atoms with Crippen LogP contribution >= 0.6 is 0 Å². The van der Waals surface area contributed by atoms with Crippen molar-refractivity contribution in [2.24, 2.45) is 0 Å². The summed E-state index contributed by atoms with van der Waals surface area (Å²) in [7, 11) is -2.44. The van der Waals surface area contributed by atoms with E-state index in [1.54, 1.807) is 13.2 Å². The molecule has 0 aliphatic rings. The molecular formula is C16H30N2O6S. The average Bonchev–Trinajstić information content (AvgIpc) is 2.53. The van der Waals surface area contributed by atoms with E-state index in [4.69, 9.17) is 14.4 Å². The second kappa shape index (κ2) is 12.7. The van der Waals surface area contributed by atoms with E-state index in [1.165, 1.54) is 0 Å². The maximum Gasteiger partial charge on any atom is 0.303 e. The van der Waals surface area contributed by atoms with E-state index in [2.05, 4.69) is 11.9 Å². The van der Waals surface area contributed by atoms with Gasteiger partial charge in [-0.1, -0.05) is 19.9 Å². The Labute approximate surface area is 150 Å². The number of carbonyl (C=O) groups is 1. The first kappa shape index (κ1) is 23.4. The molecule has 0 heterocycles. The van der Waals surface area contributed by atoms with Gasteiger partial charge in [0.2, 0.25) is 0 Å². The van der Waals surface area contributed by atoms with Crippen LogP contribution in [0.15, 0.2) is 24.1 Å². The van der Waals surface area contributed by atoms with Crippen LogP contribution in [0.3, 0.4) is 0 Å². The minimum atomic E-state index is -4.00. The molecule has 25 heavy (non-hydrogen) atoms. The number of unbranched alkanes of at least 4 members (excludes halogenated alkanes) is 2. The molecule has 0 aliphatic heterocycles. The van der Waals surface area contributed by atoms with Gasteiger partial charge in [0.25, 0.3) is 10.1 Å². The van der Waals surface area contributed by atoms with Gasteiger partial charge in [-0.3, -0.25) is 14.7 Å². The van der Waals surface area contributed by atoms with Gasteiger partial charge in [-0.2, -0.15) is 8.42 Å². The summed E-state index contributed by atoms with van der Waals surface area (Å²) in [6, 6.07) is 0. The first-order valence-corrected chi connectivity index (χ1v) is 9.88. The lowest BCUT2D eigenvalue weighted by atomic mass is 10.1. The molecule has 0 aromatic carbocycles. The minimum Gasteiger partial charge on any atom is -0.495 e. The highest BCUT2D eigenvalue weighted by atomic mass is 32.2. The summed E-state index contributed by atoms with van der Waals surface area (Å²) in [5.74, 6) is -0.515. The van der Waals surface area contributed by atoms with Crippen LogP contribution in [0.4, 0.5) is 0 Å². The number of aliphatic carboxylic acids is 1. The Morgan fingerprint density at radius 1 is 1.32 bits per heavy atom. The molecule has 8 nitrogen and oxygen atoms in total. The van der Waals surface area contributed by atoms with E-state index in [-0.39, 0.29) is 18.7 Å². The number of nitrogens with zero attached hydrogens (tertiary/aromatic N) is 1. The zero-order valence-corrected chi connectivity index (χ0v) is 15.8. The van der Waals surface area contributed by atoms with Crippen LogP contribution in [0.5, 0.6) is 0 Å². The molecular weight excluding hydrogens is 348 g/mol. The molecule has 0 spiro atoms. The normalized spacial score (nSPS) is 12.4. The predicted octanol–water partition coefficient (Wildman–Crippen LogP) is 1.82. The average molecular weight is 378 g/mol. The highest BCUT2D eigenvalue weighted by Gasteiger charge is 2.13. The van der Waals surface area contributed by atoms with Crippen molar-refractivity contribution in [3.05, 3.63) is 24.1 Å². The molecule has 0 bridgehead atoms. The summed E-state index contributed by atoms with van der Waals surface area (Å²) >= 11 is 0. The van der Waals surface area contributed by atoms with E-state index < -0.39 is 16.1 Å². The zero-order valence-electron chi connectivity index (χ0n) is 15.0. The smallest absolute Gasteiger partial charge is 0.303 e. The van der Waals surface area contributed by atoms with Crippen molar-refractivity contribution in [3.8, 4) is 0 Å². The molecule has 0 aromatic heterocycles. The van der Waals surface area contributed by atoms with Crippen LogP contribution in [0.1, 0.15) is 39.0 Å². The van der Waals surface area contributed by atoms with E-state index in [0.717, 1.165) is 18.5 Å². The second-order valence-corrected chi connectivity index (χ2v) is 7.06. The lowest BCUT2D eigenvalue weighted by Crippen LogP contribution is -2.37. The van der Waals surface area contributed by atoms with Gasteiger partial charge in [-0.15, -0.1) is 0 Å². The topological polar surface area (TPSA) is 116 Å². The molecule has 0 aliphatic carbocycles. The van der Waals surface area contributed by atoms with Crippen molar-refractivity contribution < 1.29 is 27.6 Å². The minimum absolute atomic E-state index is 0.127. The maximum atomic E-state index is 10.8. The SMILES string of the molecule is C=C/C(OC)=C(\CC)N(CCCCCC(=O)O)CNCCS(=O)(=O)O. The van der Waals surface area contributed by atoms with Crippen LogP contribution in [0.2, 0.25) is 0 Å². The molecule has 0 rings (SSSR count). The van der Waals surface area contributed by atoms with Crippen molar-refractivity contribution in [2.45, 2.75) is 39.0 Å². The van der Waals surface area contributed by atoms with E-state index in [9.17, 15) is 13.2 Å². The van der Waals surface area contributed by atoms with Crippen LogP contribution in [-0.4, -0.2) is 61.6 Å². The number of carboxylic acids is 1. The number of hydrogen-bond donors (Lipinski definition) is 3. The number of carboxylic acid groups (broad SMARTS) is 1. The molecule has 0 unspecified atom stereocenters. The Bertz CT molecular complexity index is 545. The number of nitrogens with one attached hydrogen (secondary N) is 1. The second-order valence-electron chi connectivity index (χ2n) is 5.48. The molecule has 0 fully saturated rings. The molecule has 0 atom stereocenters. The molecule has 9 heteroatoms. The van der Waals surface area contributed by atoms with E-state index >= 15 is 0 Å². The van der Waals surface area contributed by atoms with Crippen LogP contribution < -0.4 is 5.32 Å². The largest absolute Gasteiger partial charge is 0.495 e. The Morgan fingerprint density at radius 2 is 2.00 bits per heavy atom. The Hall–Kier alpha value is -1.58. The first-order valence-electron chi connectivity index (χ1n) is 8.27. The number of methoxy groups -OCH3 is 1. The standard InChI is InChI=1S/C16H30N2O6S/c1-4-14(15(5-2)24-3)18(11-8-6-7-9-16(19)20)13-17-10-12-25(21,22)23/h5,17H,2,4,6-13H2,1,3H3,(H,19,20)(H,21,22,23)/b15-14-. The molecule has 0 radical (unpaired) electrons. The number of allylic oxidation sites excluding steroid dienone is 2. The summed E-state index contributed by atoms with van der Waals surface area (Å²) in [6.07, 6.45) is 4.66. The van der Waals surface area contributed by atoms with Crippen LogP contribution in [0, 0.1) is 0 Å². The number of hydrogen-bond acceptors (Lipinski definition) is 6. The van der Waals surface area contributed by atoms with Gasteiger partial charge in [0.1, 0.15) is 5.76 Å². The van der Waals surface area contributed by atoms with Gasteiger partial charge >= 0.3 is 5.97 Å². The third-order valence-electron chi connectivity index (χ3n) is 3.56. The highest BCUT2D eigenvalue weighted by Crippen LogP contribution is 2.17. The summed E-state index contributed by atoms with van der Waals surface area (Å²) in [6.45, 7) is 6.90. The maximum absolute atomic E-state index is 10.8. The van der Waals surface area contributed by atoms with Crippen molar-refractivity contribution in [3.63, 3.8) is 0 Å². The Balaban J connectivity index is 4.77. The number of rotatable bonds is 15. The van der Waals surface area contributed by atoms with Gasteiger partial charge in [0.15, 0.2) is 0 Å². The molecule has 0 amide bonds. The summed E-state index contributed by atoms with van der Waals surface area (Å²) < 4.78 is 35.7. The monoisotopic (exact) mass is 378 g/mol. The van der Waals surface area contributed by atoms with Gasteiger partial charge in [-0.05, 0) is 25.3 Å². The van der Waals surface area contributed by atoms with Gasteiger partial charge in [0, 0.05) is 19.5 Å². The molecule has 0 aromatic rings. The number of ether oxygens (including phenoxy) is 1. The van der Waals surface area contributed by atoms with Crippen molar-refractivity contribution in [1.82, 2.24) is 10.2 Å². The third-order valence-corrected chi connectivity index (χ3v) is 4.28. The fourth-order valence-electron chi connectivity index (χ4n) is 2.35. The zero-order chi connectivity index (χ0) is 19.3. The van der Waals surface area contributed by atoms with Crippen molar-refractivity contribution in [2.75, 3.05) is 32.6 Å². The fourth-order valence-corrected chi connectivity index (χ4v) is 2.76. The predicted molar refractivity (Wildman–Crippen MR) is 96.6 cm³/mol. The van der Waals surface area contributed by atoms with Crippen LogP contribution in [0.25, 0.3) is 0 Å². The summed E-state index contributed by atoms with van der Waals surface area (Å²) in [5.41, 5.74) is 0.926. The Morgan fingerprint density at radius 3 is 2.48 bits per heavy atom. The molecule has 0 saturated heterocycles. The van der Waals surface area contributed by atoms with Crippen molar-refractivity contribution in [1.29, 1.82) is 0 Å². The first-order chi connectivity index (χ1) is 11.7. The van der Waals surface area contributed by atoms with E-state index in [0.29, 0.717) is 31.8 Å². The van der Waals surface area contributed by atoms with Gasteiger partial charge in [0.05, 0.1) is 25.2 Å². The van der Waals surface area contributed by atoms with Gasteiger partial charge < -0.3 is 14.7 Å². The lowest BCUT2D eigenvalue weighted by molar-refractivity contribution is -0.137. The quantitative estimate of drug-likeness (QED) is 0.130. The Kier molecular flexibility index (Phi) is 11.9. The molecule has 146 valence electrons.